The Hall–Kier alpha value is -3.16. The molecule has 2 aromatic rings. The van der Waals surface area contributed by atoms with E-state index in [-0.39, 0.29) is 0 Å². The van der Waals surface area contributed by atoms with E-state index in [4.69, 9.17) is 19.8 Å². The lowest BCUT2D eigenvalue weighted by Gasteiger charge is -2.16. The number of aromatic amines is 1. The summed E-state index contributed by atoms with van der Waals surface area (Å²) in [4.78, 5) is 24.2. The summed E-state index contributed by atoms with van der Waals surface area (Å²) in [5.41, 5.74) is 4.86. The molecular weight excluding hydrogens is 450 g/mol. The van der Waals surface area contributed by atoms with Crippen LogP contribution in [0.4, 0.5) is 26.3 Å². The standard InChI is InChI=1S/C14H20N4.2C2HF3O2/c1-11-14(12(2)17-16-11)10-18(3)8-6-13-5-4-7-15-9-13;2*3-2(4,5)1(6)7/h4-5,7,9H,6,8,10H2,1-3H3,(H,16,17);2*(H,6,7). The van der Waals surface area contributed by atoms with E-state index >= 15 is 0 Å². The van der Waals surface area contributed by atoms with Gasteiger partial charge in [0.05, 0.1) is 5.69 Å². The number of carbonyl (C=O) groups is 2. The molecule has 0 amide bonds. The largest absolute Gasteiger partial charge is 0.490 e. The molecule has 2 rings (SSSR count). The maximum atomic E-state index is 10.6. The second-order valence-electron chi connectivity index (χ2n) is 6.37. The average molecular weight is 472 g/mol. The van der Waals surface area contributed by atoms with E-state index in [0.717, 1.165) is 25.2 Å². The molecule has 0 saturated heterocycles. The van der Waals surface area contributed by atoms with Gasteiger partial charge in [-0.3, -0.25) is 10.1 Å². The molecule has 2 aromatic heterocycles. The second kappa shape index (κ2) is 12.6. The molecule has 3 N–H and O–H groups in total. The number of pyridine rings is 1. The number of likely N-dealkylation sites (N-methyl/N-ethyl adjacent to an activating group) is 1. The Morgan fingerprint density at radius 2 is 1.56 bits per heavy atom. The smallest absolute Gasteiger partial charge is 0.475 e. The van der Waals surface area contributed by atoms with Gasteiger partial charge in [-0.15, -0.1) is 0 Å². The second-order valence-corrected chi connectivity index (χ2v) is 6.37. The summed E-state index contributed by atoms with van der Waals surface area (Å²) in [6.45, 7) is 6.09. The number of nitrogens with zero attached hydrogens (tertiary/aromatic N) is 3. The van der Waals surface area contributed by atoms with E-state index in [2.05, 4.69) is 40.1 Å². The van der Waals surface area contributed by atoms with E-state index in [9.17, 15) is 26.3 Å². The molecule has 180 valence electrons. The van der Waals surface area contributed by atoms with Crippen LogP contribution in [0.15, 0.2) is 24.5 Å². The Morgan fingerprint density at radius 3 is 1.91 bits per heavy atom. The van der Waals surface area contributed by atoms with E-state index in [0.29, 0.717) is 0 Å². The van der Waals surface area contributed by atoms with Crippen molar-refractivity contribution < 1.29 is 46.1 Å². The quantitative estimate of drug-likeness (QED) is 0.571. The van der Waals surface area contributed by atoms with E-state index in [1.165, 1.54) is 16.8 Å². The third-order valence-electron chi connectivity index (χ3n) is 3.70. The van der Waals surface area contributed by atoms with Crippen LogP contribution in [0.1, 0.15) is 22.5 Å². The van der Waals surface area contributed by atoms with Crippen molar-refractivity contribution in [2.45, 2.75) is 39.2 Å². The van der Waals surface area contributed by atoms with Crippen LogP contribution in [0, 0.1) is 13.8 Å². The minimum atomic E-state index is -5.08. The van der Waals surface area contributed by atoms with Crippen LogP contribution in [0.2, 0.25) is 0 Å². The van der Waals surface area contributed by atoms with Crippen molar-refractivity contribution in [3.8, 4) is 0 Å². The van der Waals surface area contributed by atoms with Gasteiger partial charge in [-0.1, -0.05) is 6.07 Å². The molecule has 0 fully saturated rings. The molecule has 0 aliphatic carbocycles. The fraction of sp³-hybridized carbons (Fsp3) is 0.444. The molecule has 0 radical (unpaired) electrons. The first kappa shape index (κ1) is 28.8. The lowest BCUT2D eigenvalue weighted by Crippen LogP contribution is -2.21. The number of nitrogens with one attached hydrogen (secondary N) is 1. The number of aromatic nitrogens is 3. The number of alkyl halides is 6. The molecule has 0 aliphatic rings. The van der Waals surface area contributed by atoms with Gasteiger partial charge in [0.1, 0.15) is 0 Å². The fourth-order valence-electron chi connectivity index (χ4n) is 2.02. The molecule has 0 aromatic carbocycles. The monoisotopic (exact) mass is 472 g/mol. The van der Waals surface area contributed by atoms with Crippen molar-refractivity contribution in [1.82, 2.24) is 20.1 Å². The van der Waals surface area contributed by atoms with E-state index in [1.54, 1.807) is 0 Å². The first-order chi connectivity index (χ1) is 14.6. The Kier molecular flexibility index (Phi) is 11.4. The topological polar surface area (TPSA) is 119 Å². The van der Waals surface area contributed by atoms with Crippen molar-refractivity contribution in [2.75, 3.05) is 13.6 Å². The van der Waals surface area contributed by atoms with Gasteiger partial charge < -0.3 is 15.1 Å². The molecule has 14 heteroatoms. The van der Waals surface area contributed by atoms with Crippen molar-refractivity contribution in [1.29, 1.82) is 0 Å². The van der Waals surface area contributed by atoms with Crippen LogP contribution >= 0.6 is 0 Å². The zero-order valence-electron chi connectivity index (χ0n) is 17.3. The summed E-state index contributed by atoms with van der Waals surface area (Å²) in [7, 11) is 2.14. The van der Waals surface area contributed by atoms with Gasteiger partial charge in [0.2, 0.25) is 0 Å². The summed E-state index contributed by atoms with van der Waals surface area (Å²) < 4.78 is 63.5. The minimum Gasteiger partial charge on any atom is -0.475 e. The summed E-state index contributed by atoms with van der Waals surface area (Å²) in [5.74, 6) is -5.51. The maximum Gasteiger partial charge on any atom is 0.490 e. The summed E-state index contributed by atoms with van der Waals surface area (Å²) in [5, 5.41) is 21.5. The van der Waals surface area contributed by atoms with Gasteiger partial charge in [-0.05, 0) is 38.9 Å². The third-order valence-corrected chi connectivity index (χ3v) is 3.70. The normalized spacial score (nSPS) is 11.2. The number of halogens is 6. The molecule has 32 heavy (non-hydrogen) atoms. The van der Waals surface area contributed by atoms with Crippen LogP contribution in [-0.4, -0.2) is 68.2 Å². The SMILES string of the molecule is Cc1n[nH]c(C)c1CN(C)CCc1cccnc1.O=C(O)C(F)(F)F.O=C(O)C(F)(F)F. The van der Waals surface area contributed by atoms with Gasteiger partial charge in [0, 0.05) is 36.7 Å². The number of rotatable bonds is 5. The third kappa shape index (κ3) is 11.9. The van der Waals surface area contributed by atoms with E-state index in [1.807, 2.05) is 25.4 Å². The summed E-state index contributed by atoms with van der Waals surface area (Å²) in [6.07, 6.45) is -5.39. The molecule has 2 heterocycles. The number of hydrogen-bond acceptors (Lipinski definition) is 5. The molecule has 0 bridgehead atoms. The van der Waals surface area contributed by atoms with Crippen molar-refractivity contribution in [2.24, 2.45) is 0 Å². The average Bonchev–Trinajstić information content (AvgIpc) is 2.98. The fourth-order valence-corrected chi connectivity index (χ4v) is 2.02. The molecule has 8 nitrogen and oxygen atoms in total. The Bertz CT molecular complexity index is 810. The van der Waals surface area contributed by atoms with Crippen molar-refractivity contribution in [3.63, 3.8) is 0 Å². The van der Waals surface area contributed by atoms with Crippen LogP contribution in [0.25, 0.3) is 0 Å². The lowest BCUT2D eigenvalue weighted by molar-refractivity contribution is -0.193. The number of carboxylic acids is 2. The summed E-state index contributed by atoms with van der Waals surface area (Å²) in [6, 6.07) is 4.11. The zero-order chi connectivity index (χ0) is 25.1. The summed E-state index contributed by atoms with van der Waals surface area (Å²) >= 11 is 0. The molecule has 0 spiro atoms. The lowest BCUT2D eigenvalue weighted by atomic mass is 10.1. The molecule has 0 unspecified atom stereocenters. The minimum absolute atomic E-state index is 0.939. The number of aliphatic carboxylic acids is 2. The van der Waals surface area contributed by atoms with Gasteiger partial charge in [0.15, 0.2) is 0 Å². The van der Waals surface area contributed by atoms with Crippen LogP contribution in [-0.2, 0) is 22.6 Å². The van der Waals surface area contributed by atoms with Gasteiger partial charge in [0.25, 0.3) is 0 Å². The Morgan fingerprint density at radius 1 is 1.06 bits per heavy atom. The molecular formula is C18H22F6N4O4. The zero-order valence-corrected chi connectivity index (χ0v) is 17.3. The van der Waals surface area contributed by atoms with Gasteiger partial charge in [-0.25, -0.2) is 9.59 Å². The van der Waals surface area contributed by atoms with Crippen LogP contribution in [0.5, 0.6) is 0 Å². The molecule has 0 saturated carbocycles. The van der Waals surface area contributed by atoms with Crippen LogP contribution < -0.4 is 0 Å². The molecule has 0 aliphatic heterocycles. The highest BCUT2D eigenvalue weighted by Crippen LogP contribution is 2.14. The van der Waals surface area contributed by atoms with E-state index < -0.39 is 24.3 Å². The highest BCUT2D eigenvalue weighted by atomic mass is 19.4. The maximum absolute atomic E-state index is 10.6. The van der Waals surface area contributed by atoms with Crippen molar-refractivity contribution >= 4 is 11.9 Å². The highest BCUT2D eigenvalue weighted by molar-refractivity contribution is 5.73. The molecule has 0 atom stereocenters. The van der Waals surface area contributed by atoms with Gasteiger partial charge >= 0.3 is 24.3 Å². The number of hydrogen-bond donors (Lipinski definition) is 3. The first-order valence-electron chi connectivity index (χ1n) is 8.73. The predicted octanol–water partition coefficient (Wildman–Crippen LogP) is 3.36. The number of carboxylic acid groups (broad SMARTS) is 2. The first-order valence-corrected chi connectivity index (χ1v) is 8.73. The van der Waals surface area contributed by atoms with Gasteiger partial charge in [-0.2, -0.15) is 31.4 Å². The Labute approximate surface area is 178 Å². The van der Waals surface area contributed by atoms with Crippen molar-refractivity contribution in [3.05, 3.63) is 47.0 Å². The number of aryl methyl sites for hydroxylation is 2. The Balaban J connectivity index is 0.000000570. The predicted molar refractivity (Wildman–Crippen MR) is 99.7 cm³/mol. The van der Waals surface area contributed by atoms with Crippen LogP contribution in [0.3, 0.4) is 0 Å². The highest BCUT2D eigenvalue weighted by Gasteiger charge is 2.38. The number of H-pyrrole nitrogens is 1.